The molecule has 1 aromatic heterocycles. The van der Waals surface area contributed by atoms with Gasteiger partial charge in [-0.05, 0) is 12.1 Å². The van der Waals surface area contributed by atoms with Crippen molar-refractivity contribution in [2.75, 3.05) is 5.75 Å². The van der Waals surface area contributed by atoms with Gasteiger partial charge in [0.05, 0.1) is 17.5 Å². The standard InChI is InChI=1S/C8H8N2O2S/c9-4-6-13(11,12)7-8-3-1-2-5-10-8/h1-3,5H,6-7H2. The summed E-state index contributed by atoms with van der Waals surface area (Å²) in [5.41, 5.74) is 0.470. The normalized spacial score (nSPS) is 10.7. The van der Waals surface area contributed by atoms with Crippen molar-refractivity contribution in [3.63, 3.8) is 0 Å². The molecule has 68 valence electrons. The minimum atomic E-state index is -3.31. The Morgan fingerprint density at radius 1 is 1.46 bits per heavy atom. The van der Waals surface area contributed by atoms with Crippen LogP contribution in [0, 0.1) is 11.3 Å². The Labute approximate surface area is 76.8 Å². The molecule has 0 unspecified atom stereocenters. The summed E-state index contributed by atoms with van der Waals surface area (Å²) >= 11 is 0. The molecular formula is C8H8N2O2S. The fourth-order valence-electron chi connectivity index (χ4n) is 0.858. The van der Waals surface area contributed by atoms with Crippen LogP contribution >= 0.6 is 0 Å². The van der Waals surface area contributed by atoms with Gasteiger partial charge in [0.1, 0.15) is 5.75 Å². The van der Waals surface area contributed by atoms with Crippen molar-refractivity contribution in [3.05, 3.63) is 30.1 Å². The lowest BCUT2D eigenvalue weighted by Crippen LogP contribution is -2.08. The predicted octanol–water partition coefficient (Wildman–Crippen LogP) is 0.520. The van der Waals surface area contributed by atoms with E-state index in [4.69, 9.17) is 5.26 Å². The van der Waals surface area contributed by atoms with Gasteiger partial charge in [-0.25, -0.2) is 8.42 Å². The highest BCUT2D eigenvalue weighted by Crippen LogP contribution is 2.01. The van der Waals surface area contributed by atoms with E-state index in [1.165, 1.54) is 6.20 Å². The lowest BCUT2D eigenvalue weighted by Gasteiger charge is -1.97. The van der Waals surface area contributed by atoms with E-state index in [9.17, 15) is 8.42 Å². The van der Waals surface area contributed by atoms with Gasteiger partial charge in [0.2, 0.25) is 0 Å². The molecule has 0 aliphatic rings. The van der Waals surface area contributed by atoms with Gasteiger partial charge in [0.15, 0.2) is 9.84 Å². The number of hydrogen-bond donors (Lipinski definition) is 0. The molecule has 0 radical (unpaired) electrons. The van der Waals surface area contributed by atoms with Crippen LogP contribution in [0.4, 0.5) is 0 Å². The van der Waals surface area contributed by atoms with Crippen molar-refractivity contribution in [2.45, 2.75) is 5.75 Å². The van der Waals surface area contributed by atoms with E-state index in [0.29, 0.717) is 5.69 Å². The third-order valence-electron chi connectivity index (χ3n) is 1.38. The first-order valence-electron chi connectivity index (χ1n) is 3.61. The maximum Gasteiger partial charge on any atom is 0.169 e. The summed E-state index contributed by atoms with van der Waals surface area (Å²) in [6.07, 6.45) is 1.53. The Balaban J connectivity index is 2.77. The molecule has 0 aliphatic carbocycles. The van der Waals surface area contributed by atoms with Crippen LogP contribution in [-0.2, 0) is 15.6 Å². The van der Waals surface area contributed by atoms with Gasteiger partial charge in [-0.1, -0.05) is 6.07 Å². The summed E-state index contributed by atoms with van der Waals surface area (Å²) < 4.78 is 22.3. The lowest BCUT2D eigenvalue weighted by atomic mass is 10.4. The molecule has 1 aromatic rings. The zero-order valence-electron chi connectivity index (χ0n) is 6.84. The van der Waals surface area contributed by atoms with Crippen LogP contribution in [0.5, 0.6) is 0 Å². The van der Waals surface area contributed by atoms with Crippen LogP contribution in [0.3, 0.4) is 0 Å². The summed E-state index contributed by atoms with van der Waals surface area (Å²) in [7, 11) is -3.31. The molecule has 13 heavy (non-hydrogen) atoms. The van der Waals surface area contributed by atoms with E-state index >= 15 is 0 Å². The van der Waals surface area contributed by atoms with Gasteiger partial charge in [0.25, 0.3) is 0 Å². The SMILES string of the molecule is N#CCS(=O)(=O)Cc1ccccn1. The number of aromatic nitrogens is 1. The summed E-state index contributed by atoms with van der Waals surface area (Å²) in [4.78, 5) is 3.86. The molecular weight excluding hydrogens is 188 g/mol. The van der Waals surface area contributed by atoms with Gasteiger partial charge in [0, 0.05) is 6.20 Å². The topological polar surface area (TPSA) is 70.8 Å². The van der Waals surface area contributed by atoms with Crippen LogP contribution < -0.4 is 0 Å². The van der Waals surface area contributed by atoms with Crippen LogP contribution in [0.1, 0.15) is 5.69 Å². The first kappa shape index (κ1) is 9.68. The molecule has 0 bridgehead atoms. The number of sulfone groups is 1. The third-order valence-corrected chi connectivity index (χ3v) is 2.68. The average molecular weight is 196 g/mol. The second-order valence-corrected chi connectivity index (χ2v) is 4.58. The number of nitrogens with zero attached hydrogens (tertiary/aromatic N) is 2. The second-order valence-electron chi connectivity index (χ2n) is 2.51. The Morgan fingerprint density at radius 3 is 2.77 bits per heavy atom. The van der Waals surface area contributed by atoms with Gasteiger partial charge < -0.3 is 0 Å². The molecule has 0 saturated heterocycles. The molecule has 0 aromatic carbocycles. The predicted molar refractivity (Wildman–Crippen MR) is 47.3 cm³/mol. The molecule has 5 heteroatoms. The lowest BCUT2D eigenvalue weighted by molar-refractivity contribution is 0.598. The maximum absolute atomic E-state index is 11.1. The van der Waals surface area contributed by atoms with E-state index in [0.717, 1.165) is 0 Å². The molecule has 0 saturated carbocycles. The van der Waals surface area contributed by atoms with Crippen molar-refractivity contribution in [1.29, 1.82) is 5.26 Å². The number of rotatable bonds is 3. The van der Waals surface area contributed by atoms with Crippen LogP contribution in [0.25, 0.3) is 0 Å². The summed E-state index contributed by atoms with van der Waals surface area (Å²) in [5, 5.41) is 8.23. The Bertz CT molecular complexity index is 406. The zero-order valence-corrected chi connectivity index (χ0v) is 7.66. The number of pyridine rings is 1. The summed E-state index contributed by atoms with van der Waals surface area (Å²) in [6, 6.07) is 6.65. The molecule has 1 heterocycles. The molecule has 0 spiro atoms. The number of nitriles is 1. The van der Waals surface area contributed by atoms with Gasteiger partial charge in [-0.2, -0.15) is 5.26 Å². The first-order valence-corrected chi connectivity index (χ1v) is 5.43. The summed E-state index contributed by atoms with van der Waals surface area (Å²) in [5.74, 6) is -0.620. The van der Waals surface area contributed by atoms with Crippen molar-refractivity contribution in [1.82, 2.24) is 4.98 Å². The Hall–Kier alpha value is -1.41. The summed E-state index contributed by atoms with van der Waals surface area (Å²) in [6.45, 7) is 0. The maximum atomic E-state index is 11.1. The zero-order chi connectivity index (χ0) is 9.73. The highest BCUT2D eigenvalue weighted by molar-refractivity contribution is 7.90. The molecule has 0 N–H and O–H groups in total. The fourth-order valence-corrected chi connectivity index (χ4v) is 1.78. The van der Waals surface area contributed by atoms with Gasteiger partial charge in [-0.15, -0.1) is 0 Å². The highest BCUT2D eigenvalue weighted by Gasteiger charge is 2.11. The largest absolute Gasteiger partial charge is 0.260 e. The molecule has 0 atom stereocenters. The van der Waals surface area contributed by atoms with E-state index in [-0.39, 0.29) is 5.75 Å². The molecule has 1 rings (SSSR count). The van der Waals surface area contributed by atoms with E-state index in [1.54, 1.807) is 24.3 Å². The van der Waals surface area contributed by atoms with Crippen LogP contribution in [0.2, 0.25) is 0 Å². The quantitative estimate of drug-likeness (QED) is 0.706. The van der Waals surface area contributed by atoms with E-state index in [1.807, 2.05) is 0 Å². The Kier molecular flexibility index (Phi) is 2.98. The van der Waals surface area contributed by atoms with Gasteiger partial charge >= 0.3 is 0 Å². The van der Waals surface area contributed by atoms with Crippen LogP contribution in [0.15, 0.2) is 24.4 Å². The molecule has 4 nitrogen and oxygen atoms in total. The Morgan fingerprint density at radius 2 is 2.23 bits per heavy atom. The molecule has 0 amide bonds. The smallest absolute Gasteiger partial charge is 0.169 e. The van der Waals surface area contributed by atoms with Crippen molar-refractivity contribution in [2.24, 2.45) is 0 Å². The first-order chi connectivity index (χ1) is 6.14. The van der Waals surface area contributed by atoms with Crippen LogP contribution in [-0.4, -0.2) is 19.2 Å². The minimum absolute atomic E-state index is 0.165. The molecule has 0 fully saturated rings. The fraction of sp³-hybridized carbons (Fsp3) is 0.250. The number of hydrogen-bond acceptors (Lipinski definition) is 4. The average Bonchev–Trinajstić information content (AvgIpc) is 2.04. The van der Waals surface area contributed by atoms with E-state index < -0.39 is 15.6 Å². The molecule has 0 aliphatic heterocycles. The third kappa shape index (κ3) is 3.22. The van der Waals surface area contributed by atoms with Crippen molar-refractivity contribution >= 4 is 9.84 Å². The van der Waals surface area contributed by atoms with Crippen molar-refractivity contribution < 1.29 is 8.42 Å². The minimum Gasteiger partial charge on any atom is -0.260 e. The van der Waals surface area contributed by atoms with E-state index in [2.05, 4.69) is 4.98 Å². The van der Waals surface area contributed by atoms with Gasteiger partial charge in [-0.3, -0.25) is 4.98 Å². The second kappa shape index (κ2) is 4.01. The monoisotopic (exact) mass is 196 g/mol. The highest BCUT2D eigenvalue weighted by atomic mass is 32.2. The van der Waals surface area contributed by atoms with Crippen molar-refractivity contribution in [3.8, 4) is 6.07 Å².